The van der Waals surface area contributed by atoms with E-state index in [1.807, 2.05) is 31.2 Å². The van der Waals surface area contributed by atoms with Gasteiger partial charge in [0.05, 0.1) is 18.8 Å². The van der Waals surface area contributed by atoms with Gasteiger partial charge in [-0.3, -0.25) is 10.8 Å². The molecule has 0 saturated carbocycles. The lowest BCUT2D eigenvalue weighted by Crippen LogP contribution is -2.29. The third-order valence-electron chi connectivity index (χ3n) is 2.81. The molecule has 1 aromatic carbocycles. The maximum Gasteiger partial charge on any atom is 0.137 e. The van der Waals surface area contributed by atoms with Crippen molar-refractivity contribution >= 4 is 34.2 Å². The lowest BCUT2D eigenvalue weighted by molar-refractivity contribution is 0.338. The molecule has 0 spiro atoms. The van der Waals surface area contributed by atoms with Crippen LogP contribution in [0.2, 0.25) is 5.02 Å². The summed E-state index contributed by atoms with van der Waals surface area (Å²) in [5, 5.41) is 0.676. The number of hydrogen-bond donors (Lipinski definition) is 2. The average Bonchev–Trinajstić information content (AvgIpc) is 2.44. The van der Waals surface area contributed by atoms with Crippen molar-refractivity contribution in [3.8, 4) is 5.75 Å². The van der Waals surface area contributed by atoms with Crippen molar-refractivity contribution in [2.75, 3.05) is 6.61 Å². The Balaban J connectivity index is 2.41. The zero-order valence-corrected chi connectivity index (χ0v) is 13.9. The summed E-state index contributed by atoms with van der Waals surface area (Å²) in [7, 11) is 0. The van der Waals surface area contributed by atoms with E-state index in [1.54, 1.807) is 12.4 Å². The molecule has 1 unspecified atom stereocenters. The number of nitrogens with two attached hydrogens (primary N) is 1. The van der Waals surface area contributed by atoms with Crippen LogP contribution in [0, 0.1) is 3.57 Å². The van der Waals surface area contributed by atoms with Gasteiger partial charge in [-0.15, -0.1) is 0 Å². The first kappa shape index (κ1) is 15.5. The molecular formula is C14H15ClIN3O. The predicted octanol–water partition coefficient (Wildman–Crippen LogP) is 3.29. The normalized spacial score (nSPS) is 12.2. The number of ether oxygens (including phenoxy) is 1. The van der Waals surface area contributed by atoms with Crippen molar-refractivity contribution in [1.29, 1.82) is 0 Å². The predicted molar refractivity (Wildman–Crippen MR) is 88.7 cm³/mol. The van der Waals surface area contributed by atoms with Crippen molar-refractivity contribution < 1.29 is 4.74 Å². The molecule has 0 saturated heterocycles. The smallest absolute Gasteiger partial charge is 0.137 e. The summed E-state index contributed by atoms with van der Waals surface area (Å²) in [5.41, 5.74) is 4.75. The number of rotatable bonds is 5. The van der Waals surface area contributed by atoms with Crippen molar-refractivity contribution in [2.45, 2.75) is 13.0 Å². The summed E-state index contributed by atoms with van der Waals surface area (Å²) in [6.45, 7) is 2.53. The Kier molecular flexibility index (Phi) is 5.59. The molecule has 0 aliphatic carbocycles. The van der Waals surface area contributed by atoms with E-state index in [9.17, 15) is 0 Å². The van der Waals surface area contributed by atoms with Crippen molar-refractivity contribution in [3.05, 3.63) is 56.4 Å². The highest BCUT2D eigenvalue weighted by molar-refractivity contribution is 14.1. The van der Waals surface area contributed by atoms with Crippen molar-refractivity contribution in [2.24, 2.45) is 5.84 Å². The molecule has 0 bridgehead atoms. The number of halogens is 2. The first-order valence-corrected chi connectivity index (χ1v) is 7.60. The number of aromatic nitrogens is 1. The highest BCUT2D eigenvalue weighted by Gasteiger charge is 2.17. The molecular weight excluding hydrogens is 389 g/mol. The number of hydrazine groups is 1. The maximum absolute atomic E-state index is 6.07. The Morgan fingerprint density at radius 3 is 2.90 bits per heavy atom. The topological polar surface area (TPSA) is 60.2 Å². The van der Waals surface area contributed by atoms with E-state index >= 15 is 0 Å². The molecule has 106 valence electrons. The molecule has 0 radical (unpaired) electrons. The van der Waals surface area contributed by atoms with E-state index in [2.05, 4.69) is 33.0 Å². The van der Waals surface area contributed by atoms with Gasteiger partial charge < -0.3 is 4.74 Å². The summed E-state index contributed by atoms with van der Waals surface area (Å²) in [4.78, 5) is 4.19. The highest BCUT2D eigenvalue weighted by atomic mass is 127. The number of nitrogens with zero attached hydrogens (tertiary/aromatic N) is 1. The Hall–Kier alpha value is -0.890. The number of benzene rings is 1. The molecule has 0 aliphatic heterocycles. The van der Waals surface area contributed by atoms with Crippen LogP contribution in [0.4, 0.5) is 0 Å². The average molecular weight is 404 g/mol. The molecule has 2 aromatic rings. The Bertz CT molecular complexity index is 594. The fraction of sp³-hybridized carbons (Fsp3) is 0.214. The van der Waals surface area contributed by atoms with Crippen LogP contribution in [0.3, 0.4) is 0 Å². The number of pyridine rings is 1. The molecule has 0 aliphatic rings. The molecule has 3 N–H and O–H groups in total. The van der Waals surface area contributed by atoms with Crippen LogP contribution in [0.25, 0.3) is 0 Å². The third kappa shape index (κ3) is 3.60. The van der Waals surface area contributed by atoms with E-state index in [4.69, 9.17) is 22.2 Å². The van der Waals surface area contributed by atoms with Crippen molar-refractivity contribution in [1.82, 2.24) is 10.4 Å². The van der Waals surface area contributed by atoms with Gasteiger partial charge in [-0.25, -0.2) is 5.43 Å². The standard InChI is InChI=1S/C14H15ClIN3O/c1-2-20-11-5-9(7-18-8-11)14(19-17)12-6-10(15)3-4-13(12)16/h3-8,14,19H,2,17H2,1H3. The van der Waals surface area contributed by atoms with Gasteiger partial charge >= 0.3 is 0 Å². The third-order valence-corrected chi connectivity index (χ3v) is 4.03. The maximum atomic E-state index is 6.07. The van der Waals surface area contributed by atoms with Gasteiger partial charge in [-0.1, -0.05) is 11.6 Å². The SMILES string of the molecule is CCOc1cncc(C(NN)c2cc(Cl)ccc2I)c1. The van der Waals surface area contributed by atoms with E-state index < -0.39 is 0 Å². The van der Waals surface area contributed by atoms with Gasteiger partial charge in [-0.2, -0.15) is 0 Å². The van der Waals surface area contributed by atoms with Crippen LogP contribution < -0.4 is 16.0 Å². The van der Waals surface area contributed by atoms with Crippen LogP contribution in [0.5, 0.6) is 5.75 Å². The van der Waals surface area contributed by atoms with E-state index in [0.717, 1.165) is 20.4 Å². The van der Waals surface area contributed by atoms with Crippen LogP contribution in [-0.2, 0) is 0 Å². The van der Waals surface area contributed by atoms with Gasteiger partial charge in [0.1, 0.15) is 5.75 Å². The van der Waals surface area contributed by atoms with Gasteiger partial charge in [-0.05, 0) is 64.9 Å². The van der Waals surface area contributed by atoms with Crippen LogP contribution >= 0.6 is 34.2 Å². The first-order chi connectivity index (χ1) is 9.65. The zero-order valence-electron chi connectivity index (χ0n) is 10.9. The van der Waals surface area contributed by atoms with Gasteiger partial charge in [0.15, 0.2) is 0 Å². The number of hydrogen-bond acceptors (Lipinski definition) is 4. The van der Waals surface area contributed by atoms with Crippen LogP contribution in [0.15, 0.2) is 36.7 Å². The second kappa shape index (κ2) is 7.21. The Morgan fingerprint density at radius 2 is 2.20 bits per heavy atom. The molecule has 20 heavy (non-hydrogen) atoms. The van der Waals surface area contributed by atoms with Crippen molar-refractivity contribution in [3.63, 3.8) is 0 Å². The molecule has 1 heterocycles. The second-order valence-corrected chi connectivity index (χ2v) is 5.75. The molecule has 4 nitrogen and oxygen atoms in total. The van der Waals surface area contributed by atoms with E-state index in [-0.39, 0.29) is 6.04 Å². The summed E-state index contributed by atoms with van der Waals surface area (Å²) in [6.07, 6.45) is 3.45. The summed E-state index contributed by atoms with van der Waals surface area (Å²) in [5.74, 6) is 6.44. The van der Waals surface area contributed by atoms with Gasteiger partial charge in [0.25, 0.3) is 0 Å². The van der Waals surface area contributed by atoms with Gasteiger partial charge in [0, 0.05) is 14.8 Å². The van der Waals surface area contributed by atoms with Crippen LogP contribution in [-0.4, -0.2) is 11.6 Å². The molecule has 0 amide bonds. The lowest BCUT2D eigenvalue weighted by atomic mass is 10.0. The first-order valence-electron chi connectivity index (χ1n) is 6.14. The van der Waals surface area contributed by atoms with Crippen LogP contribution in [0.1, 0.15) is 24.1 Å². The monoisotopic (exact) mass is 403 g/mol. The molecule has 2 rings (SSSR count). The minimum absolute atomic E-state index is 0.187. The number of nitrogens with one attached hydrogen (secondary N) is 1. The highest BCUT2D eigenvalue weighted by Crippen LogP contribution is 2.29. The Labute approximate surface area is 136 Å². The molecule has 6 heteroatoms. The van der Waals surface area contributed by atoms with E-state index in [0.29, 0.717) is 11.6 Å². The minimum atomic E-state index is -0.187. The second-order valence-electron chi connectivity index (χ2n) is 4.15. The zero-order chi connectivity index (χ0) is 14.5. The largest absolute Gasteiger partial charge is 0.492 e. The summed E-state index contributed by atoms with van der Waals surface area (Å²) < 4.78 is 6.55. The fourth-order valence-electron chi connectivity index (χ4n) is 1.94. The summed E-state index contributed by atoms with van der Waals surface area (Å²) >= 11 is 8.34. The quantitative estimate of drug-likeness (QED) is 0.457. The van der Waals surface area contributed by atoms with E-state index in [1.165, 1.54) is 0 Å². The minimum Gasteiger partial charge on any atom is -0.492 e. The molecule has 1 aromatic heterocycles. The molecule has 1 atom stereocenters. The fourth-order valence-corrected chi connectivity index (χ4v) is 2.77. The Morgan fingerprint density at radius 1 is 1.40 bits per heavy atom. The van der Waals surface area contributed by atoms with Gasteiger partial charge in [0.2, 0.25) is 0 Å². The lowest BCUT2D eigenvalue weighted by Gasteiger charge is -2.19. The molecule has 0 fully saturated rings. The summed E-state index contributed by atoms with van der Waals surface area (Å²) in [6, 6.07) is 7.46.